The van der Waals surface area contributed by atoms with E-state index in [4.69, 9.17) is 4.74 Å². The van der Waals surface area contributed by atoms with E-state index in [9.17, 15) is 0 Å². The molecule has 0 bridgehead atoms. The van der Waals surface area contributed by atoms with E-state index in [0.717, 1.165) is 24.6 Å². The van der Waals surface area contributed by atoms with Gasteiger partial charge in [0.15, 0.2) is 5.96 Å². The molecule has 2 aromatic rings. The molecule has 0 aliphatic rings. The number of rotatable bonds is 7. The highest BCUT2D eigenvalue weighted by molar-refractivity contribution is 5.79. The number of hydrogen-bond acceptors (Lipinski definition) is 2. The molecule has 5 heteroatoms. The summed E-state index contributed by atoms with van der Waals surface area (Å²) in [6.07, 6.45) is 4.10. The molecule has 1 heterocycles. The van der Waals surface area contributed by atoms with Crippen LogP contribution in [-0.4, -0.2) is 37.8 Å². The lowest BCUT2D eigenvalue weighted by atomic mass is 10.1. The summed E-state index contributed by atoms with van der Waals surface area (Å²) in [4.78, 5) is 4.24. The lowest BCUT2D eigenvalue weighted by molar-refractivity contribution is 0.106. The van der Waals surface area contributed by atoms with E-state index < -0.39 is 0 Å². The van der Waals surface area contributed by atoms with Gasteiger partial charge >= 0.3 is 0 Å². The second kappa shape index (κ2) is 8.89. The van der Waals surface area contributed by atoms with Gasteiger partial charge in [-0.2, -0.15) is 0 Å². The number of nitrogens with zero attached hydrogens (tertiary/aromatic N) is 2. The number of benzene rings is 1. The average Bonchev–Trinajstić information content (AvgIpc) is 3.08. The van der Waals surface area contributed by atoms with Crippen LogP contribution in [0.5, 0.6) is 0 Å². The van der Waals surface area contributed by atoms with Crippen LogP contribution >= 0.6 is 0 Å². The summed E-state index contributed by atoms with van der Waals surface area (Å²) in [6, 6.07) is 14.2. The summed E-state index contributed by atoms with van der Waals surface area (Å²) < 4.78 is 7.67. The number of hydrogen-bond donors (Lipinski definition) is 2. The topological polar surface area (TPSA) is 50.6 Å². The maximum absolute atomic E-state index is 5.55. The monoisotopic (exact) mass is 300 g/mol. The van der Waals surface area contributed by atoms with Crippen LogP contribution in [0, 0.1) is 0 Å². The fraction of sp³-hybridized carbons (Fsp3) is 0.353. The minimum Gasteiger partial charge on any atom is -0.375 e. The molecule has 5 nitrogen and oxygen atoms in total. The van der Waals surface area contributed by atoms with Crippen molar-refractivity contribution < 1.29 is 4.74 Å². The Kier molecular flexibility index (Phi) is 6.51. The molecule has 22 heavy (non-hydrogen) atoms. The van der Waals surface area contributed by atoms with Crippen LogP contribution in [0.1, 0.15) is 11.7 Å². The smallest absolute Gasteiger partial charge is 0.191 e. The molecule has 0 amide bonds. The fourth-order valence-electron chi connectivity index (χ4n) is 2.24. The molecule has 1 aromatic carbocycles. The summed E-state index contributed by atoms with van der Waals surface area (Å²) in [6.45, 7) is 2.39. The summed E-state index contributed by atoms with van der Waals surface area (Å²) in [7, 11) is 3.50. The van der Waals surface area contributed by atoms with Crippen molar-refractivity contribution in [1.29, 1.82) is 0 Å². The highest BCUT2D eigenvalue weighted by Crippen LogP contribution is 2.14. The lowest BCUT2D eigenvalue weighted by Gasteiger charge is -2.18. The first-order valence-electron chi connectivity index (χ1n) is 7.46. The van der Waals surface area contributed by atoms with Crippen molar-refractivity contribution in [2.45, 2.75) is 12.6 Å². The van der Waals surface area contributed by atoms with Crippen LogP contribution in [0.3, 0.4) is 0 Å². The Labute approximate surface area is 132 Å². The molecule has 2 N–H and O–H groups in total. The fourth-order valence-corrected chi connectivity index (χ4v) is 2.24. The maximum atomic E-state index is 5.55. The third-order valence-corrected chi connectivity index (χ3v) is 3.46. The summed E-state index contributed by atoms with van der Waals surface area (Å²) in [5, 5.41) is 6.60. The number of nitrogens with one attached hydrogen (secondary N) is 2. The third kappa shape index (κ3) is 4.93. The average molecular weight is 300 g/mol. The van der Waals surface area contributed by atoms with Gasteiger partial charge in [-0.25, -0.2) is 0 Å². The molecule has 0 spiro atoms. The molecular weight excluding hydrogens is 276 g/mol. The van der Waals surface area contributed by atoms with Crippen LogP contribution in [0.2, 0.25) is 0 Å². The summed E-state index contributed by atoms with van der Waals surface area (Å²) >= 11 is 0. The van der Waals surface area contributed by atoms with E-state index in [2.05, 4.69) is 32.3 Å². The van der Waals surface area contributed by atoms with Crippen molar-refractivity contribution in [3.8, 4) is 0 Å². The van der Waals surface area contributed by atoms with Crippen LogP contribution in [0.15, 0.2) is 59.9 Å². The van der Waals surface area contributed by atoms with Gasteiger partial charge in [-0.05, 0) is 17.7 Å². The minimum absolute atomic E-state index is 0.00389. The quantitative estimate of drug-likeness (QED) is 0.608. The Hall–Kier alpha value is -2.27. The van der Waals surface area contributed by atoms with Crippen molar-refractivity contribution in [2.24, 2.45) is 4.99 Å². The first-order chi connectivity index (χ1) is 10.8. The normalized spacial score (nSPS) is 12.9. The van der Waals surface area contributed by atoms with Crippen molar-refractivity contribution in [3.63, 3.8) is 0 Å². The zero-order valence-corrected chi connectivity index (χ0v) is 13.2. The van der Waals surface area contributed by atoms with Gasteiger partial charge in [0.1, 0.15) is 0 Å². The SMILES string of the molecule is CN=C(NCCn1cccc1)NCC(OC)c1ccccc1. The molecule has 0 aliphatic heterocycles. The zero-order valence-electron chi connectivity index (χ0n) is 13.2. The van der Waals surface area contributed by atoms with Crippen LogP contribution in [0.25, 0.3) is 0 Å². The van der Waals surface area contributed by atoms with Crippen molar-refractivity contribution in [1.82, 2.24) is 15.2 Å². The largest absolute Gasteiger partial charge is 0.375 e. The maximum Gasteiger partial charge on any atom is 0.191 e. The molecule has 0 radical (unpaired) electrons. The van der Waals surface area contributed by atoms with Crippen LogP contribution in [0.4, 0.5) is 0 Å². The van der Waals surface area contributed by atoms with Gasteiger partial charge in [0.2, 0.25) is 0 Å². The van der Waals surface area contributed by atoms with Crippen molar-refractivity contribution in [3.05, 3.63) is 60.4 Å². The second-order valence-electron chi connectivity index (χ2n) is 4.94. The van der Waals surface area contributed by atoms with Gasteiger partial charge in [-0.3, -0.25) is 4.99 Å². The summed E-state index contributed by atoms with van der Waals surface area (Å²) in [5.74, 6) is 0.783. The van der Waals surface area contributed by atoms with Gasteiger partial charge in [0.25, 0.3) is 0 Å². The van der Waals surface area contributed by atoms with Crippen LogP contribution in [-0.2, 0) is 11.3 Å². The highest BCUT2D eigenvalue weighted by atomic mass is 16.5. The van der Waals surface area contributed by atoms with Crippen LogP contribution < -0.4 is 10.6 Å². The molecule has 1 unspecified atom stereocenters. The molecule has 118 valence electrons. The number of guanidine groups is 1. The van der Waals surface area contributed by atoms with E-state index in [1.807, 2.05) is 42.7 Å². The first kappa shape index (κ1) is 16.1. The number of methoxy groups -OCH3 is 1. The van der Waals surface area contributed by atoms with E-state index >= 15 is 0 Å². The first-order valence-corrected chi connectivity index (χ1v) is 7.46. The zero-order chi connectivity index (χ0) is 15.6. The van der Waals surface area contributed by atoms with E-state index in [-0.39, 0.29) is 6.10 Å². The molecular formula is C17H24N4O. The Balaban J connectivity index is 1.77. The van der Waals surface area contributed by atoms with Gasteiger partial charge in [0, 0.05) is 46.2 Å². The minimum atomic E-state index is 0.00389. The molecule has 0 saturated heterocycles. The Morgan fingerprint density at radius 3 is 2.50 bits per heavy atom. The Bertz CT molecular complexity index is 551. The predicted octanol–water partition coefficient (Wildman–Crippen LogP) is 2.04. The molecule has 2 rings (SSSR count). The number of aliphatic imine (C=N–C) groups is 1. The second-order valence-corrected chi connectivity index (χ2v) is 4.94. The van der Waals surface area contributed by atoms with E-state index in [0.29, 0.717) is 6.54 Å². The number of ether oxygens (including phenoxy) is 1. The Morgan fingerprint density at radius 1 is 1.14 bits per heavy atom. The lowest BCUT2D eigenvalue weighted by Crippen LogP contribution is -2.40. The van der Waals surface area contributed by atoms with Gasteiger partial charge < -0.3 is 19.9 Å². The van der Waals surface area contributed by atoms with E-state index in [1.54, 1.807) is 14.2 Å². The number of aromatic nitrogens is 1. The molecule has 0 fully saturated rings. The van der Waals surface area contributed by atoms with Gasteiger partial charge in [0.05, 0.1) is 6.10 Å². The Morgan fingerprint density at radius 2 is 1.86 bits per heavy atom. The van der Waals surface area contributed by atoms with Crippen molar-refractivity contribution in [2.75, 3.05) is 27.2 Å². The van der Waals surface area contributed by atoms with Gasteiger partial charge in [-0.1, -0.05) is 30.3 Å². The molecule has 1 aromatic heterocycles. The van der Waals surface area contributed by atoms with E-state index in [1.165, 1.54) is 0 Å². The predicted molar refractivity (Wildman–Crippen MR) is 90.0 cm³/mol. The molecule has 1 atom stereocenters. The van der Waals surface area contributed by atoms with Crippen molar-refractivity contribution >= 4 is 5.96 Å². The summed E-state index contributed by atoms with van der Waals surface area (Å²) in [5.41, 5.74) is 1.15. The van der Waals surface area contributed by atoms with Gasteiger partial charge in [-0.15, -0.1) is 0 Å². The highest BCUT2D eigenvalue weighted by Gasteiger charge is 2.10. The molecule has 0 saturated carbocycles. The third-order valence-electron chi connectivity index (χ3n) is 3.46. The molecule has 0 aliphatic carbocycles. The standard InChI is InChI=1S/C17H24N4O/c1-18-17(19-10-13-21-11-6-7-12-21)20-14-16(22-2)15-8-4-3-5-9-15/h3-9,11-12,16H,10,13-14H2,1-2H3,(H2,18,19,20).